The van der Waals surface area contributed by atoms with Gasteiger partial charge in [0, 0.05) is 13.5 Å². The predicted molar refractivity (Wildman–Crippen MR) is 111 cm³/mol. The van der Waals surface area contributed by atoms with E-state index >= 15 is 0 Å². The highest BCUT2D eigenvalue weighted by Crippen LogP contribution is 2.27. The van der Waals surface area contributed by atoms with Gasteiger partial charge in [0.15, 0.2) is 5.65 Å². The van der Waals surface area contributed by atoms with Gasteiger partial charge in [0.1, 0.15) is 17.0 Å². The minimum Gasteiger partial charge on any atom is -0.481 e. The Bertz CT molecular complexity index is 1100. The molecule has 3 aromatic rings. The zero-order valence-electron chi connectivity index (χ0n) is 17.6. The molecule has 1 N–H and O–H groups in total. The van der Waals surface area contributed by atoms with Gasteiger partial charge >= 0.3 is 5.97 Å². The third-order valence-corrected chi connectivity index (χ3v) is 5.09. The number of methoxy groups -OCH3 is 1. The minimum atomic E-state index is -0.896. The van der Waals surface area contributed by atoms with E-state index < -0.39 is 5.97 Å². The maximum Gasteiger partial charge on any atom is 0.303 e. The lowest BCUT2D eigenvalue weighted by molar-refractivity contribution is -0.137. The van der Waals surface area contributed by atoms with E-state index in [1.807, 2.05) is 32.9 Å². The van der Waals surface area contributed by atoms with E-state index in [2.05, 4.69) is 10.1 Å². The van der Waals surface area contributed by atoms with E-state index in [-0.39, 0.29) is 24.4 Å². The highest BCUT2D eigenvalue weighted by molar-refractivity contribution is 5.76. The number of carbonyl (C=O) groups is 1. The van der Waals surface area contributed by atoms with Gasteiger partial charge in [0.25, 0.3) is 5.56 Å². The van der Waals surface area contributed by atoms with Gasteiger partial charge in [0.05, 0.1) is 29.6 Å². The van der Waals surface area contributed by atoms with Gasteiger partial charge in [-0.05, 0) is 45.2 Å². The zero-order valence-corrected chi connectivity index (χ0v) is 17.6. The fraction of sp³-hybridized carbons (Fsp3) is 0.476. The maximum absolute atomic E-state index is 13.3. The first kappa shape index (κ1) is 21.6. The molecule has 1 atom stereocenters. The van der Waals surface area contributed by atoms with Gasteiger partial charge in [-0.15, -0.1) is 0 Å². The van der Waals surface area contributed by atoms with Crippen molar-refractivity contribution in [1.29, 1.82) is 0 Å². The number of carboxylic acid groups (broad SMARTS) is 1. The highest BCUT2D eigenvalue weighted by Gasteiger charge is 2.21. The van der Waals surface area contributed by atoms with E-state index in [4.69, 9.17) is 19.4 Å². The molecule has 0 unspecified atom stereocenters. The highest BCUT2D eigenvalue weighted by atomic mass is 16.5. The summed E-state index contributed by atoms with van der Waals surface area (Å²) >= 11 is 0. The van der Waals surface area contributed by atoms with E-state index in [0.29, 0.717) is 47.8 Å². The Morgan fingerprint density at radius 2 is 2.07 bits per heavy atom. The van der Waals surface area contributed by atoms with Crippen LogP contribution in [-0.4, -0.2) is 44.5 Å². The Kier molecular flexibility index (Phi) is 6.61. The number of hydrogen-bond acceptors (Lipinski definition) is 7. The molecule has 0 radical (unpaired) electrons. The molecule has 0 bridgehead atoms. The predicted octanol–water partition coefficient (Wildman–Crippen LogP) is 3.07. The van der Waals surface area contributed by atoms with Crippen LogP contribution in [0.1, 0.15) is 49.4 Å². The molecule has 0 amide bonds. The minimum absolute atomic E-state index is 0.0162. The molecule has 0 aliphatic heterocycles. The van der Waals surface area contributed by atoms with E-state index in [1.165, 1.54) is 0 Å². The summed E-state index contributed by atoms with van der Waals surface area (Å²) in [6.45, 7) is 5.98. The first-order valence-corrected chi connectivity index (χ1v) is 9.93. The van der Waals surface area contributed by atoms with Crippen LogP contribution in [-0.2, 0) is 16.0 Å². The number of pyridine rings is 1. The third-order valence-electron chi connectivity index (χ3n) is 5.09. The normalized spacial score (nSPS) is 12.4. The molecule has 0 spiro atoms. The number of aliphatic carboxylic acids is 1. The molecule has 3 aromatic heterocycles. The van der Waals surface area contributed by atoms with Crippen LogP contribution in [0.15, 0.2) is 21.5 Å². The third kappa shape index (κ3) is 4.25. The second-order valence-electron chi connectivity index (χ2n) is 7.24. The molecule has 0 aromatic carbocycles. The monoisotopic (exact) mass is 414 g/mol. The number of ether oxygens (including phenoxy) is 1. The molecule has 0 saturated heterocycles. The number of carboxylic acids is 1. The van der Waals surface area contributed by atoms with E-state index in [0.717, 1.165) is 11.3 Å². The average Bonchev–Trinajstić information content (AvgIpc) is 3.05. The van der Waals surface area contributed by atoms with Crippen LogP contribution in [0.5, 0.6) is 0 Å². The van der Waals surface area contributed by atoms with Crippen molar-refractivity contribution in [3.63, 3.8) is 0 Å². The SMILES string of the molecule is CC[C@H](COC)n1c(=O)c(CCCC(=O)O)nc2ccc(-c3c(C)noc3C)nc21. The van der Waals surface area contributed by atoms with Crippen molar-refractivity contribution in [2.24, 2.45) is 0 Å². The number of rotatable bonds is 9. The number of fused-ring (bicyclic) bond motifs is 1. The summed E-state index contributed by atoms with van der Waals surface area (Å²) in [6.07, 6.45) is 1.28. The Labute approximate surface area is 173 Å². The van der Waals surface area contributed by atoms with Crippen LogP contribution < -0.4 is 5.56 Å². The Hall–Kier alpha value is -3.07. The van der Waals surface area contributed by atoms with Crippen LogP contribution in [0, 0.1) is 13.8 Å². The molecule has 0 saturated carbocycles. The fourth-order valence-corrected chi connectivity index (χ4v) is 3.60. The van der Waals surface area contributed by atoms with Crippen molar-refractivity contribution in [3.8, 4) is 11.3 Å². The molecule has 9 heteroatoms. The standard InChI is InChI=1S/C21H26N4O5/c1-5-14(11-29-4)25-20-16(22-17(21(25)28)7-6-8-18(26)27)10-9-15(23-20)19-12(2)24-30-13(19)3/h9-10,14H,5-8,11H2,1-4H3,(H,26,27)/t14-/m1/s1. The molecule has 3 heterocycles. The molecule has 0 aliphatic carbocycles. The van der Waals surface area contributed by atoms with Gasteiger partial charge < -0.3 is 14.4 Å². The first-order chi connectivity index (χ1) is 14.4. The van der Waals surface area contributed by atoms with Crippen molar-refractivity contribution in [2.45, 2.75) is 52.5 Å². The van der Waals surface area contributed by atoms with Crippen LogP contribution in [0.25, 0.3) is 22.4 Å². The van der Waals surface area contributed by atoms with Crippen molar-refractivity contribution in [1.82, 2.24) is 19.7 Å². The summed E-state index contributed by atoms with van der Waals surface area (Å²) in [5.41, 5.74) is 3.27. The van der Waals surface area contributed by atoms with Gasteiger partial charge in [-0.2, -0.15) is 0 Å². The largest absolute Gasteiger partial charge is 0.481 e. The summed E-state index contributed by atoms with van der Waals surface area (Å²) in [6, 6.07) is 3.42. The number of aryl methyl sites for hydroxylation is 3. The molecule has 9 nitrogen and oxygen atoms in total. The van der Waals surface area contributed by atoms with Crippen LogP contribution in [0.4, 0.5) is 0 Å². The molecular formula is C21H26N4O5. The Morgan fingerprint density at radius 1 is 1.30 bits per heavy atom. The van der Waals surface area contributed by atoms with Gasteiger partial charge in [-0.3, -0.25) is 14.2 Å². The molecule has 160 valence electrons. The number of aromatic nitrogens is 4. The van der Waals surface area contributed by atoms with Crippen molar-refractivity contribution < 1.29 is 19.2 Å². The zero-order chi connectivity index (χ0) is 21.8. The first-order valence-electron chi connectivity index (χ1n) is 9.93. The Morgan fingerprint density at radius 3 is 2.67 bits per heavy atom. The quantitative estimate of drug-likeness (QED) is 0.567. The number of hydrogen-bond donors (Lipinski definition) is 1. The second-order valence-corrected chi connectivity index (χ2v) is 7.24. The fourth-order valence-electron chi connectivity index (χ4n) is 3.60. The summed E-state index contributed by atoms with van der Waals surface area (Å²) in [7, 11) is 1.59. The number of nitrogens with zero attached hydrogens (tertiary/aromatic N) is 4. The second kappa shape index (κ2) is 9.17. The van der Waals surface area contributed by atoms with Gasteiger partial charge in [-0.1, -0.05) is 12.1 Å². The molecule has 3 rings (SSSR count). The summed E-state index contributed by atoms with van der Waals surface area (Å²) < 4.78 is 12.2. The Balaban J connectivity index is 2.20. The van der Waals surface area contributed by atoms with Crippen LogP contribution in [0.3, 0.4) is 0 Å². The average molecular weight is 414 g/mol. The van der Waals surface area contributed by atoms with E-state index in [1.54, 1.807) is 11.7 Å². The van der Waals surface area contributed by atoms with Crippen LogP contribution in [0.2, 0.25) is 0 Å². The topological polar surface area (TPSA) is 120 Å². The lowest BCUT2D eigenvalue weighted by atomic mass is 10.1. The van der Waals surface area contributed by atoms with Crippen molar-refractivity contribution in [2.75, 3.05) is 13.7 Å². The van der Waals surface area contributed by atoms with Crippen LogP contribution >= 0.6 is 0 Å². The maximum atomic E-state index is 13.3. The molecule has 0 fully saturated rings. The lowest BCUT2D eigenvalue weighted by Gasteiger charge is -2.20. The molecule has 0 aliphatic rings. The summed E-state index contributed by atoms with van der Waals surface area (Å²) in [5, 5.41) is 12.9. The van der Waals surface area contributed by atoms with Gasteiger partial charge in [-0.25, -0.2) is 9.97 Å². The van der Waals surface area contributed by atoms with Crippen molar-refractivity contribution >= 4 is 17.1 Å². The van der Waals surface area contributed by atoms with Gasteiger partial charge in [0.2, 0.25) is 0 Å². The summed E-state index contributed by atoms with van der Waals surface area (Å²) in [5.74, 6) is -0.247. The lowest BCUT2D eigenvalue weighted by Crippen LogP contribution is -2.31. The van der Waals surface area contributed by atoms with Crippen molar-refractivity contribution in [3.05, 3.63) is 39.6 Å². The van der Waals surface area contributed by atoms with E-state index in [9.17, 15) is 9.59 Å². The summed E-state index contributed by atoms with van der Waals surface area (Å²) in [4.78, 5) is 33.4. The molecular weight excluding hydrogens is 388 g/mol. The molecule has 30 heavy (non-hydrogen) atoms. The smallest absolute Gasteiger partial charge is 0.303 e.